The lowest BCUT2D eigenvalue weighted by molar-refractivity contribution is -0.117. The molecule has 106 valence electrons. The second-order valence-corrected chi connectivity index (χ2v) is 4.73. The van der Waals surface area contributed by atoms with Crippen LogP contribution in [-0.4, -0.2) is 29.4 Å². The molecule has 1 N–H and O–H groups in total. The number of para-hydroxylation sites is 1. The fourth-order valence-electron chi connectivity index (χ4n) is 1.98. The van der Waals surface area contributed by atoms with E-state index >= 15 is 0 Å². The van der Waals surface area contributed by atoms with Gasteiger partial charge in [0.2, 0.25) is 5.91 Å². The Morgan fingerprint density at radius 1 is 1.29 bits per heavy atom. The minimum atomic E-state index is -0.144. The predicted molar refractivity (Wildman–Crippen MR) is 80.4 cm³/mol. The second-order valence-electron chi connectivity index (χ2n) is 4.73. The lowest BCUT2D eigenvalue weighted by Crippen LogP contribution is -2.30. The summed E-state index contributed by atoms with van der Waals surface area (Å²) in [4.78, 5) is 17.9. The van der Waals surface area contributed by atoms with Gasteiger partial charge >= 0.3 is 0 Å². The first kappa shape index (κ1) is 14.7. The summed E-state index contributed by atoms with van der Waals surface area (Å²) >= 11 is 0. The van der Waals surface area contributed by atoms with Gasteiger partial charge in [0.1, 0.15) is 6.07 Å². The van der Waals surface area contributed by atoms with Crippen LogP contribution in [0.15, 0.2) is 48.8 Å². The van der Waals surface area contributed by atoms with Crippen LogP contribution in [0.5, 0.6) is 0 Å². The van der Waals surface area contributed by atoms with E-state index < -0.39 is 0 Å². The molecular weight excluding hydrogens is 264 g/mol. The first-order chi connectivity index (χ1) is 10.2. The molecule has 2 rings (SSSR count). The normalized spacial score (nSPS) is 10.1. The fourth-order valence-corrected chi connectivity index (χ4v) is 1.98. The van der Waals surface area contributed by atoms with Crippen molar-refractivity contribution in [3.63, 3.8) is 0 Å². The van der Waals surface area contributed by atoms with E-state index in [1.807, 2.05) is 24.1 Å². The molecule has 1 heterocycles. The van der Waals surface area contributed by atoms with E-state index in [4.69, 9.17) is 5.26 Å². The molecule has 0 radical (unpaired) electrons. The van der Waals surface area contributed by atoms with Crippen LogP contribution in [0.3, 0.4) is 0 Å². The molecule has 0 atom stereocenters. The Labute approximate surface area is 123 Å². The van der Waals surface area contributed by atoms with Gasteiger partial charge in [-0.1, -0.05) is 12.1 Å². The third-order valence-corrected chi connectivity index (χ3v) is 2.94. The summed E-state index contributed by atoms with van der Waals surface area (Å²) in [5, 5.41) is 11.8. The Bertz CT molecular complexity index is 649. The number of rotatable bonds is 5. The van der Waals surface area contributed by atoms with Gasteiger partial charge in [0, 0.05) is 18.9 Å². The number of nitrogens with zero attached hydrogens (tertiary/aromatic N) is 3. The van der Waals surface area contributed by atoms with Crippen molar-refractivity contribution in [2.24, 2.45) is 0 Å². The first-order valence-electron chi connectivity index (χ1n) is 6.55. The molecule has 5 nitrogen and oxygen atoms in total. The van der Waals surface area contributed by atoms with Crippen LogP contribution in [-0.2, 0) is 11.3 Å². The van der Waals surface area contributed by atoms with Crippen LogP contribution in [0.4, 0.5) is 5.69 Å². The van der Waals surface area contributed by atoms with E-state index in [2.05, 4.69) is 16.4 Å². The number of amides is 1. The highest BCUT2D eigenvalue weighted by Gasteiger charge is 2.09. The molecule has 1 amide bonds. The van der Waals surface area contributed by atoms with Crippen LogP contribution in [0.25, 0.3) is 0 Å². The van der Waals surface area contributed by atoms with Crippen molar-refractivity contribution in [1.82, 2.24) is 9.88 Å². The third kappa shape index (κ3) is 4.41. The number of benzene rings is 1. The standard InChI is InChI=1S/C16H16N4O/c1-20(11-13-6-8-18-9-7-13)12-16(21)19-15-5-3-2-4-14(15)10-17/h2-9H,11-12H2,1H3,(H,19,21). The number of carbonyl (C=O) groups excluding carboxylic acids is 1. The monoisotopic (exact) mass is 280 g/mol. The molecular formula is C16H16N4O. The fraction of sp³-hybridized carbons (Fsp3) is 0.188. The predicted octanol–water partition coefficient (Wildman–Crippen LogP) is 2.02. The van der Waals surface area contributed by atoms with Crippen molar-refractivity contribution in [2.75, 3.05) is 18.9 Å². The van der Waals surface area contributed by atoms with E-state index in [0.717, 1.165) is 5.56 Å². The molecule has 0 spiro atoms. The Kier molecular flexibility index (Phi) is 5.02. The van der Waals surface area contributed by atoms with Gasteiger partial charge in [0.05, 0.1) is 17.8 Å². The number of likely N-dealkylation sites (N-methyl/N-ethyl adjacent to an activating group) is 1. The Balaban J connectivity index is 1.91. The average molecular weight is 280 g/mol. The maximum atomic E-state index is 12.0. The Hall–Kier alpha value is -2.71. The molecule has 0 bridgehead atoms. The largest absolute Gasteiger partial charge is 0.324 e. The van der Waals surface area contributed by atoms with Crippen molar-refractivity contribution in [3.05, 3.63) is 59.9 Å². The maximum absolute atomic E-state index is 12.0. The zero-order chi connectivity index (χ0) is 15.1. The van der Waals surface area contributed by atoms with E-state index in [-0.39, 0.29) is 12.5 Å². The highest BCUT2D eigenvalue weighted by atomic mass is 16.2. The molecule has 21 heavy (non-hydrogen) atoms. The van der Waals surface area contributed by atoms with E-state index in [1.54, 1.807) is 36.7 Å². The van der Waals surface area contributed by atoms with Crippen LogP contribution >= 0.6 is 0 Å². The second kappa shape index (κ2) is 7.17. The zero-order valence-corrected chi connectivity index (χ0v) is 11.8. The van der Waals surface area contributed by atoms with Crippen LogP contribution in [0.2, 0.25) is 0 Å². The quantitative estimate of drug-likeness (QED) is 0.909. The number of carbonyl (C=O) groups is 1. The Morgan fingerprint density at radius 2 is 2.00 bits per heavy atom. The van der Waals surface area contributed by atoms with Crippen LogP contribution in [0, 0.1) is 11.3 Å². The van der Waals surface area contributed by atoms with E-state index in [1.165, 1.54) is 0 Å². The van der Waals surface area contributed by atoms with Gasteiger partial charge in [0.25, 0.3) is 0 Å². The van der Waals surface area contributed by atoms with Crippen molar-refractivity contribution >= 4 is 11.6 Å². The summed E-state index contributed by atoms with van der Waals surface area (Å²) < 4.78 is 0. The van der Waals surface area contributed by atoms with Crippen molar-refractivity contribution in [2.45, 2.75) is 6.54 Å². The van der Waals surface area contributed by atoms with Gasteiger partial charge in [-0.2, -0.15) is 5.26 Å². The molecule has 1 aromatic carbocycles. The molecule has 1 aromatic heterocycles. The summed E-state index contributed by atoms with van der Waals surface area (Å²) in [6.45, 7) is 0.915. The van der Waals surface area contributed by atoms with Gasteiger partial charge in [-0.15, -0.1) is 0 Å². The average Bonchev–Trinajstić information content (AvgIpc) is 2.48. The van der Waals surface area contributed by atoms with Crippen LogP contribution < -0.4 is 5.32 Å². The maximum Gasteiger partial charge on any atom is 0.238 e. The number of nitriles is 1. The molecule has 0 aliphatic carbocycles. The summed E-state index contributed by atoms with van der Waals surface area (Å²) in [6, 6.07) is 12.8. The summed E-state index contributed by atoms with van der Waals surface area (Å²) in [6.07, 6.45) is 3.46. The lowest BCUT2D eigenvalue weighted by Gasteiger charge is -2.16. The molecule has 0 saturated carbocycles. The lowest BCUT2D eigenvalue weighted by atomic mass is 10.2. The van der Waals surface area contributed by atoms with E-state index in [0.29, 0.717) is 17.8 Å². The highest BCUT2D eigenvalue weighted by molar-refractivity contribution is 5.93. The summed E-state index contributed by atoms with van der Waals surface area (Å²) in [7, 11) is 1.87. The molecule has 0 aliphatic heterocycles. The Morgan fingerprint density at radius 3 is 2.71 bits per heavy atom. The number of aromatic nitrogens is 1. The SMILES string of the molecule is CN(CC(=O)Nc1ccccc1C#N)Cc1ccncc1. The highest BCUT2D eigenvalue weighted by Crippen LogP contribution is 2.13. The minimum Gasteiger partial charge on any atom is -0.324 e. The molecule has 0 saturated heterocycles. The topological polar surface area (TPSA) is 69.0 Å². The third-order valence-electron chi connectivity index (χ3n) is 2.94. The first-order valence-corrected chi connectivity index (χ1v) is 6.55. The van der Waals surface area contributed by atoms with Gasteiger partial charge < -0.3 is 5.32 Å². The van der Waals surface area contributed by atoms with Crippen molar-refractivity contribution in [3.8, 4) is 6.07 Å². The smallest absolute Gasteiger partial charge is 0.238 e. The van der Waals surface area contributed by atoms with Crippen molar-refractivity contribution < 1.29 is 4.79 Å². The van der Waals surface area contributed by atoms with Crippen molar-refractivity contribution in [1.29, 1.82) is 5.26 Å². The number of anilines is 1. The van der Waals surface area contributed by atoms with Gasteiger partial charge in [-0.3, -0.25) is 14.7 Å². The van der Waals surface area contributed by atoms with Gasteiger partial charge in [-0.25, -0.2) is 0 Å². The van der Waals surface area contributed by atoms with E-state index in [9.17, 15) is 4.79 Å². The molecule has 0 unspecified atom stereocenters. The molecule has 5 heteroatoms. The summed E-state index contributed by atoms with van der Waals surface area (Å²) in [5.74, 6) is -0.144. The summed E-state index contributed by atoms with van der Waals surface area (Å²) in [5.41, 5.74) is 2.10. The van der Waals surface area contributed by atoms with Crippen LogP contribution in [0.1, 0.15) is 11.1 Å². The molecule has 2 aromatic rings. The number of nitrogens with one attached hydrogen (secondary N) is 1. The minimum absolute atomic E-state index is 0.144. The molecule has 0 aliphatic rings. The number of hydrogen-bond donors (Lipinski definition) is 1. The molecule has 0 fully saturated rings. The number of hydrogen-bond acceptors (Lipinski definition) is 4. The zero-order valence-electron chi connectivity index (χ0n) is 11.8. The number of pyridine rings is 1. The van der Waals surface area contributed by atoms with Gasteiger partial charge in [0.15, 0.2) is 0 Å². The van der Waals surface area contributed by atoms with Gasteiger partial charge in [-0.05, 0) is 36.9 Å².